The van der Waals surface area contributed by atoms with Gasteiger partial charge in [-0.3, -0.25) is 9.59 Å². The molecule has 1 amide bonds. The maximum Gasteiger partial charge on any atom is 0.310 e. The van der Waals surface area contributed by atoms with E-state index in [4.69, 9.17) is 4.74 Å². The molecule has 1 fully saturated rings. The van der Waals surface area contributed by atoms with Crippen molar-refractivity contribution in [3.8, 4) is 0 Å². The summed E-state index contributed by atoms with van der Waals surface area (Å²) < 4.78 is 4.76. The Balaban J connectivity index is 2.40. The molecule has 0 bridgehead atoms. The number of likely N-dealkylation sites (tertiary alicyclic amines) is 1. The fourth-order valence-corrected chi connectivity index (χ4v) is 2.91. The molecule has 0 aromatic heterocycles. The van der Waals surface area contributed by atoms with E-state index in [1.54, 1.807) is 0 Å². The van der Waals surface area contributed by atoms with Crippen LogP contribution >= 0.6 is 0 Å². The SMILES string of the molecule is COC(=O)C(C)CN(CCCCN1CCCC1)C(=O)C(C)C. The van der Waals surface area contributed by atoms with Crippen molar-refractivity contribution in [1.29, 1.82) is 0 Å². The Bertz CT molecular complexity index is 352. The maximum atomic E-state index is 12.3. The first-order valence-corrected chi connectivity index (χ1v) is 8.54. The van der Waals surface area contributed by atoms with Crippen LogP contribution in [-0.2, 0) is 14.3 Å². The third kappa shape index (κ3) is 6.34. The van der Waals surface area contributed by atoms with E-state index in [1.165, 1.54) is 33.0 Å². The van der Waals surface area contributed by atoms with Crippen molar-refractivity contribution < 1.29 is 14.3 Å². The maximum absolute atomic E-state index is 12.3. The lowest BCUT2D eigenvalue weighted by Crippen LogP contribution is -2.40. The molecule has 1 unspecified atom stereocenters. The van der Waals surface area contributed by atoms with Gasteiger partial charge < -0.3 is 14.5 Å². The van der Waals surface area contributed by atoms with Crippen molar-refractivity contribution in [3.05, 3.63) is 0 Å². The van der Waals surface area contributed by atoms with Gasteiger partial charge in [-0.05, 0) is 45.3 Å². The molecule has 5 heteroatoms. The first-order chi connectivity index (χ1) is 10.5. The summed E-state index contributed by atoms with van der Waals surface area (Å²) in [6.07, 6.45) is 4.72. The fourth-order valence-electron chi connectivity index (χ4n) is 2.91. The number of nitrogens with zero attached hydrogens (tertiary/aromatic N) is 2. The van der Waals surface area contributed by atoms with Gasteiger partial charge in [-0.25, -0.2) is 0 Å². The predicted molar refractivity (Wildman–Crippen MR) is 87.5 cm³/mol. The third-order valence-corrected chi connectivity index (χ3v) is 4.25. The number of esters is 1. The number of ether oxygens (including phenoxy) is 1. The van der Waals surface area contributed by atoms with Crippen molar-refractivity contribution >= 4 is 11.9 Å². The van der Waals surface area contributed by atoms with Crippen molar-refractivity contribution in [1.82, 2.24) is 9.80 Å². The molecule has 5 nitrogen and oxygen atoms in total. The quantitative estimate of drug-likeness (QED) is 0.483. The van der Waals surface area contributed by atoms with Crippen LogP contribution in [0.15, 0.2) is 0 Å². The lowest BCUT2D eigenvalue weighted by molar-refractivity contribution is -0.146. The molecule has 1 rings (SSSR count). The second-order valence-corrected chi connectivity index (χ2v) is 6.62. The van der Waals surface area contributed by atoms with E-state index in [0.29, 0.717) is 6.54 Å². The van der Waals surface area contributed by atoms with Crippen molar-refractivity contribution in [2.45, 2.75) is 46.5 Å². The highest BCUT2D eigenvalue weighted by Gasteiger charge is 2.23. The lowest BCUT2D eigenvalue weighted by atomic mass is 10.1. The molecule has 0 aromatic carbocycles. The number of carbonyl (C=O) groups excluding carboxylic acids is 2. The molecule has 0 aromatic rings. The number of carbonyl (C=O) groups is 2. The van der Waals surface area contributed by atoms with Crippen LogP contribution in [0.3, 0.4) is 0 Å². The van der Waals surface area contributed by atoms with Gasteiger partial charge in [0.1, 0.15) is 0 Å². The van der Waals surface area contributed by atoms with Crippen molar-refractivity contribution in [2.75, 3.05) is 39.8 Å². The molecule has 1 aliphatic heterocycles. The monoisotopic (exact) mass is 312 g/mol. The van der Waals surface area contributed by atoms with Crippen LogP contribution in [0.2, 0.25) is 0 Å². The molecule has 0 saturated carbocycles. The van der Waals surface area contributed by atoms with Crippen molar-refractivity contribution in [2.24, 2.45) is 11.8 Å². The lowest BCUT2D eigenvalue weighted by Gasteiger charge is -2.27. The molecule has 1 atom stereocenters. The van der Waals surface area contributed by atoms with Crippen LogP contribution in [-0.4, -0.2) is 61.5 Å². The highest BCUT2D eigenvalue weighted by molar-refractivity contribution is 5.79. The topological polar surface area (TPSA) is 49.9 Å². The number of amides is 1. The fraction of sp³-hybridized carbons (Fsp3) is 0.882. The molecule has 1 saturated heterocycles. The molecule has 0 N–H and O–H groups in total. The number of methoxy groups -OCH3 is 1. The standard InChI is InChI=1S/C17H32N2O3/c1-14(2)16(20)19(13-15(3)17(21)22-4)12-8-7-11-18-9-5-6-10-18/h14-15H,5-13H2,1-4H3. The molecule has 1 heterocycles. The molecule has 1 aliphatic rings. The summed E-state index contributed by atoms with van der Waals surface area (Å²) in [5.41, 5.74) is 0. The van der Waals surface area contributed by atoms with Gasteiger partial charge in [-0.2, -0.15) is 0 Å². The summed E-state index contributed by atoms with van der Waals surface area (Å²) >= 11 is 0. The Morgan fingerprint density at radius 3 is 2.32 bits per heavy atom. The van der Waals surface area contributed by atoms with E-state index in [9.17, 15) is 9.59 Å². The zero-order valence-corrected chi connectivity index (χ0v) is 14.6. The van der Waals surface area contributed by atoms with E-state index < -0.39 is 0 Å². The summed E-state index contributed by atoms with van der Waals surface area (Å²) in [5, 5.41) is 0. The summed E-state index contributed by atoms with van der Waals surface area (Å²) in [6.45, 7) is 10.4. The van der Waals surface area contributed by atoms with Gasteiger partial charge in [0.05, 0.1) is 13.0 Å². The number of hydrogen-bond donors (Lipinski definition) is 0. The molecule has 0 aliphatic carbocycles. The average molecular weight is 312 g/mol. The highest BCUT2D eigenvalue weighted by atomic mass is 16.5. The smallest absolute Gasteiger partial charge is 0.310 e. The second kappa shape index (κ2) is 9.82. The minimum Gasteiger partial charge on any atom is -0.469 e. The molecular weight excluding hydrogens is 280 g/mol. The summed E-state index contributed by atoms with van der Waals surface area (Å²) in [6, 6.07) is 0. The van der Waals surface area contributed by atoms with E-state index >= 15 is 0 Å². The third-order valence-electron chi connectivity index (χ3n) is 4.25. The van der Waals surface area contributed by atoms with Gasteiger partial charge in [0.2, 0.25) is 5.91 Å². The Labute approximate surface area is 135 Å². The normalized spacial score (nSPS) is 16.8. The van der Waals surface area contributed by atoms with E-state index in [2.05, 4.69) is 4.90 Å². The number of unbranched alkanes of at least 4 members (excludes halogenated alkanes) is 1. The van der Waals surface area contributed by atoms with Gasteiger partial charge in [0, 0.05) is 19.0 Å². The molecule has 0 spiro atoms. The molecule has 128 valence electrons. The first-order valence-electron chi connectivity index (χ1n) is 8.54. The summed E-state index contributed by atoms with van der Waals surface area (Å²) in [5.74, 6) is -0.440. The van der Waals surface area contributed by atoms with Crippen LogP contribution in [0.1, 0.15) is 46.5 Å². The van der Waals surface area contributed by atoms with Gasteiger partial charge in [0.15, 0.2) is 0 Å². The van der Waals surface area contributed by atoms with Crippen LogP contribution < -0.4 is 0 Å². The van der Waals surface area contributed by atoms with E-state index in [-0.39, 0.29) is 23.7 Å². The summed E-state index contributed by atoms with van der Waals surface area (Å²) in [4.78, 5) is 28.2. The zero-order valence-electron chi connectivity index (χ0n) is 14.6. The van der Waals surface area contributed by atoms with Gasteiger partial charge >= 0.3 is 5.97 Å². The van der Waals surface area contributed by atoms with E-state index in [0.717, 1.165) is 25.9 Å². The Hall–Kier alpha value is -1.10. The molecule has 0 radical (unpaired) electrons. The predicted octanol–water partition coefficient (Wildman–Crippen LogP) is 2.16. The minimum absolute atomic E-state index is 0.0385. The zero-order chi connectivity index (χ0) is 16.5. The van der Waals surface area contributed by atoms with Crippen molar-refractivity contribution in [3.63, 3.8) is 0 Å². The Morgan fingerprint density at radius 2 is 1.77 bits per heavy atom. The van der Waals surface area contributed by atoms with E-state index in [1.807, 2.05) is 25.7 Å². The highest BCUT2D eigenvalue weighted by Crippen LogP contribution is 2.11. The van der Waals surface area contributed by atoms with Gasteiger partial charge in [-0.1, -0.05) is 20.8 Å². The minimum atomic E-state index is -0.272. The molecule has 22 heavy (non-hydrogen) atoms. The Kier molecular flexibility index (Phi) is 8.46. The van der Waals surface area contributed by atoms with Crippen LogP contribution in [0, 0.1) is 11.8 Å². The van der Waals surface area contributed by atoms with Gasteiger partial charge in [0.25, 0.3) is 0 Å². The van der Waals surface area contributed by atoms with Crippen LogP contribution in [0.25, 0.3) is 0 Å². The largest absolute Gasteiger partial charge is 0.469 e. The van der Waals surface area contributed by atoms with Gasteiger partial charge in [-0.15, -0.1) is 0 Å². The number of hydrogen-bond acceptors (Lipinski definition) is 4. The average Bonchev–Trinajstić information content (AvgIpc) is 3.01. The number of rotatable bonds is 9. The van der Waals surface area contributed by atoms with Crippen LogP contribution in [0.5, 0.6) is 0 Å². The first kappa shape index (κ1) is 18.9. The summed E-state index contributed by atoms with van der Waals surface area (Å²) in [7, 11) is 1.39. The van der Waals surface area contributed by atoms with Crippen LogP contribution in [0.4, 0.5) is 0 Å². The second-order valence-electron chi connectivity index (χ2n) is 6.62. The Morgan fingerprint density at radius 1 is 1.14 bits per heavy atom. The molecular formula is C17H32N2O3.